The summed E-state index contributed by atoms with van der Waals surface area (Å²) in [7, 11) is 0. The van der Waals surface area contributed by atoms with Gasteiger partial charge in [0, 0.05) is 12.4 Å². The summed E-state index contributed by atoms with van der Waals surface area (Å²) in [6.45, 7) is 5.96. The van der Waals surface area contributed by atoms with Crippen LogP contribution in [0.4, 0.5) is 0 Å². The Bertz CT molecular complexity index is 353. The normalized spacial score (nSPS) is 16.0. The van der Waals surface area contributed by atoms with Gasteiger partial charge in [0.25, 0.3) is 0 Å². The number of carbonyl (C=O) groups excluding carboxylic acids is 1. The fourth-order valence-electron chi connectivity index (χ4n) is 1.56. The van der Waals surface area contributed by atoms with Crippen LogP contribution in [0.3, 0.4) is 0 Å². The van der Waals surface area contributed by atoms with E-state index in [-0.39, 0.29) is 17.9 Å². The highest BCUT2D eigenvalue weighted by atomic mass is 16.2. The van der Waals surface area contributed by atoms with E-state index in [1.807, 2.05) is 32.9 Å². The van der Waals surface area contributed by atoms with Crippen molar-refractivity contribution in [1.29, 1.82) is 0 Å². The molecule has 1 aromatic rings. The predicted molar refractivity (Wildman–Crippen MR) is 68.2 cm³/mol. The van der Waals surface area contributed by atoms with Gasteiger partial charge < -0.3 is 11.1 Å². The first kappa shape index (κ1) is 13.6. The summed E-state index contributed by atoms with van der Waals surface area (Å²) in [5.74, 6) is 0.100. The summed E-state index contributed by atoms with van der Waals surface area (Å²) in [6, 6.07) is 3.30. The summed E-state index contributed by atoms with van der Waals surface area (Å²) >= 11 is 0. The van der Waals surface area contributed by atoms with E-state index in [4.69, 9.17) is 5.73 Å². The number of pyridine rings is 1. The van der Waals surface area contributed by atoms with Crippen molar-refractivity contribution in [3.05, 3.63) is 30.1 Å². The van der Waals surface area contributed by atoms with Crippen LogP contribution in [0.25, 0.3) is 0 Å². The van der Waals surface area contributed by atoms with Gasteiger partial charge in [-0.25, -0.2) is 0 Å². The van der Waals surface area contributed by atoms with Crippen LogP contribution in [0.5, 0.6) is 0 Å². The average Bonchev–Trinajstić information content (AvgIpc) is 2.37. The molecule has 3 atom stereocenters. The van der Waals surface area contributed by atoms with Gasteiger partial charge in [-0.05, 0) is 30.5 Å². The molecule has 1 heterocycles. The molecule has 4 nitrogen and oxygen atoms in total. The topological polar surface area (TPSA) is 68.0 Å². The molecule has 1 amide bonds. The molecule has 0 bridgehead atoms. The number of hydrogen-bond acceptors (Lipinski definition) is 3. The van der Waals surface area contributed by atoms with Crippen LogP contribution in [0.1, 0.15) is 38.8 Å². The first-order chi connectivity index (χ1) is 8.06. The highest BCUT2D eigenvalue weighted by Gasteiger charge is 2.20. The number of amides is 1. The van der Waals surface area contributed by atoms with Crippen LogP contribution in [0, 0.1) is 5.92 Å². The largest absolute Gasteiger partial charge is 0.348 e. The van der Waals surface area contributed by atoms with Crippen LogP contribution in [-0.2, 0) is 4.79 Å². The number of carbonyl (C=O) groups is 1. The Hall–Kier alpha value is -1.42. The van der Waals surface area contributed by atoms with Crippen LogP contribution in [0.2, 0.25) is 0 Å². The van der Waals surface area contributed by atoms with Gasteiger partial charge in [0.1, 0.15) is 0 Å². The van der Waals surface area contributed by atoms with E-state index in [1.54, 1.807) is 12.4 Å². The second-order valence-electron chi connectivity index (χ2n) is 4.42. The summed E-state index contributed by atoms with van der Waals surface area (Å²) in [5.41, 5.74) is 6.91. The van der Waals surface area contributed by atoms with E-state index in [1.165, 1.54) is 0 Å². The van der Waals surface area contributed by atoms with Crippen molar-refractivity contribution in [2.45, 2.75) is 39.3 Å². The van der Waals surface area contributed by atoms with Gasteiger partial charge in [0.2, 0.25) is 5.91 Å². The van der Waals surface area contributed by atoms with Crippen LogP contribution >= 0.6 is 0 Å². The second-order valence-corrected chi connectivity index (χ2v) is 4.42. The van der Waals surface area contributed by atoms with Crippen molar-refractivity contribution in [2.24, 2.45) is 11.7 Å². The molecule has 0 radical (unpaired) electrons. The lowest BCUT2D eigenvalue weighted by Crippen LogP contribution is -2.45. The fraction of sp³-hybridized carbons (Fsp3) is 0.538. The molecule has 0 aliphatic carbocycles. The highest BCUT2D eigenvalue weighted by molar-refractivity contribution is 5.82. The minimum Gasteiger partial charge on any atom is -0.348 e. The standard InChI is InChI=1S/C13H21N3O/c1-4-9(2)12(14)13(17)16-10(3)11-5-7-15-8-6-11/h5-10,12H,4,14H2,1-3H3,(H,16,17)/t9?,10-,12+/m1/s1. The molecule has 0 aliphatic rings. The number of nitrogens with two attached hydrogens (primary N) is 1. The van der Waals surface area contributed by atoms with Crippen LogP contribution in [-0.4, -0.2) is 16.9 Å². The van der Waals surface area contributed by atoms with Gasteiger partial charge >= 0.3 is 0 Å². The third-order valence-corrected chi connectivity index (χ3v) is 3.12. The van der Waals surface area contributed by atoms with Crippen molar-refractivity contribution in [3.63, 3.8) is 0 Å². The number of aromatic nitrogens is 1. The molecule has 94 valence electrons. The summed E-state index contributed by atoms with van der Waals surface area (Å²) in [5, 5.41) is 2.92. The molecule has 0 aromatic carbocycles. The summed E-state index contributed by atoms with van der Waals surface area (Å²) in [6.07, 6.45) is 4.33. The molecule has 1 unspecified atom stereocenters. The van der Waals surface area contributed by atoms with Crippen molar-refractivity contribution in [3.8, 4) is 0 Å². The first-order valence-corrected chi connectivity index (χ1v) is 6.02. The van der Waals surface area contributed by atoms with E-state index < -0.39 is 6.04 Å². The lowest BCUT2D eigenvalue weighted by Gasteiger charge is -2.21. The number of hydrogen-bond donors (Lipinski definition) is 2. The molecule has 0 spiro atoms. The zero-order valence-corrected chi connectivity index (χ0v) is 10.7. The summed E-state index contributed by atoms with van der Waals surface area (Å²) < 4.78 is 0. The lowest BCUT2D eigenvalue weighted by molar-refractivity contribution is -0.124. The Morgan fingerprint density at radius 1 is 1.41 bits per heavy atom. The minimum atomic E-state index is -0.440. The van der Waals surface area contributed by atoms with Crippen LogP contribution < -0.4 is 11.1 Å². The molecular formula is C13H21N3O. The average molecular weight is 235 g/mol. The SMILES string of the molecule is CCC(C)[C@H](N)C(=O)N[C@H](C)c1ccncc1. The van der Waals surface area contributed by atoms with Gasteiger partial charge in [-0.15, -0.1) is 0 Å². The molecule has 0 saturated carbocycles. The van der Waals surface area contributed by atoms with E-state index in [0.29, 0.717) is 0 Å². The maximum Gasteiger partial charge on any atom is 0.237 e. The molecule has 3 N–H and O–H groups in total. The van der Waals surface area contributed by atoms with Gasteiger partial charge in [-0.2, -0.15) is 0 Å². The first-order valence-electron chi connectivity index (χ1n) is 6.02. The third kappa shape index (κ3) is 3.82. The Kier molecular flexibility index (Phi) is 5.10. The van der Waals surface area contributed by atoms with Gasteiger partial charge in [-0.3, -0.25) is 9.78 Å². The molecular weight excluding hydrogens is 214 g/mol. The fourth-order valence-corrected chi connectivity index (χ4v) is 1.56. The van der Waals surface area contributed by atoms with Crippen molar-refractivity contribution >= 4 is 5.91 Å². The van der Waals surface area contributed by atoms with Gasteiger partial charge in [-0.1, -0.05) is 20.3 Å². The molecule has 0 aliphatic heterocycles. The molecule has 4 heteroatoms. The minimum absolute atomic E-state index is 0.0411. The maximum atomic E-state index is 11.9. The van der Waals surface area contributed by atoms with E-state index >= 15 is 0 Å². The molecule has 1 aromatic heterocycles. The molecule has 0 fully saturated rings. The van der Waals surface area contributed by atoms with Crippen molar-refractivity contribution in [1.82, 2.24) is 10.3 Å². The molecule has 0 saturated heterocycles. The Morgan fingerprint density at radius 3 is 2.53 bits per heavy atom. The number of rotatable bonds is 5. The van der Waals surface area contributed by atoms with Crippen LogP contribution in [0.15, 0.2) is 24.5 Å². The Labute approximate surface area is 103 Å². The quantitative estimate of drug-likeness (QED) is 0.815. The lowest BCUT2D eigenvalue weighted by atomic mass is 9.99. The van der Waals surface area contributed by atoms with E-state index in [0.717, 1.165) is 12.0 Å². The Morgan fingerprint density at radius 2 is 2.00 bits per heavy atom. The smallest absolute Gasteiger partial charge is 0.237 e. The zero-order valence-electron chi connectivity index (χ0n) is 10.7. The van der Waals surface area contributed by atoms with Crippen molar-refractivity contribution < 1.29 is 4.79 Å². The predicted octanol–water partition coefficient (Wildman–Crippen LogP) is 1.63. The molecule has 1 rings (SSSR count). The summed E-state index contributed by atoms with van der Waals surface area (Å²) in [4.78, 5) is 15.8. The number of nitrogens with zero attached hydrogens (tertiary/aromatic N) is 1. The Balaban J connectivity index is 2.57. The van der Waals surface area contributed by atoms with E-state index in [2.05, 4.69) is 10.3 Å². The van der Waals surface area contributed by atoms with Crippen molar-refractivity contribution in [2.75, 3.05) is 0 Å². The van der Waals surface area contributed by atoms with Gasteiger partial charge in [0.05, 0.1) is 12.1 Å². The zero-order chi connectivity index (χ0) is 12.8. The highest BCUT2D eigenvalue weighted by Crippen LogP contribution is 2.12. The van der Waals surface area contributed by atoms with E-state index in [9.17, 15) is 4.79 Å². The monoisotopic (exact) mass is 235 g/mol. The molecule has 17 heavy (non-hydrogen) atoms. The second kappa shape index (κ2) is 6.35. The van der Waals surface area contributed by atoms with Gasteiger partial charge in [0.15, 0.2) is 0 Å². The number of nitrogens with one attached hydrogen (secondary N) is 1. The third-order valence-electron chi connectivity index (χ3n) is 3.12. The maximum absolute atomic E-state index is 11.9.